The summed E-state index contributed by atoms with van der Waals surface area (Å²) in [5.74, 6) is 0.356. The van der Waals surface area contributed by atoms with Crippen LogP contribution in [0.1, 0.15) is 19.3 Å². The third-order valence-corrected chi connectivity index (χ3v) is 4.99. The summed E-state index contributed by atoms with van der Waals surface area (Å²) in [5.41, 5.74) is 0. The molecule has 18 heavy (non-hydrogen) atoms. The van der Waals surface area contributed by atoms with Crippen LogP contribution in [0, 0.1) is 5.92 Å². The van der Waals surface area contributed by atoms with E-state index < -0.39 is 16.1 Å². The average Bonchev–Trinajstić information content (AvgIpc) is 3.12. The maximum atomic E-state index is 11.9. The first kappa shape index (κ1) is 13.8. The van der Waals surface area contributed by atoms with Gasteiger partial charge in [0.05, 0.1) is 11.1 Å². The number of aliphatic hydroxyl groups is 1. The first-order valence-corrected chi connectivity index (χ1v) is 7.79. The van der Waals surface area contributed by atoms with Crippen molar-refractivity contribution in [2.45, 2.75) is 30.3 Å². The van der Waals surface area contributed by atoms with Crippen LogP contribution in [0.2, 0.25) is 5.02 Å². The Bertz CT molecular complexity index is 514. The van der Waals surface area contributed by atoms with Gasteiger partial charge in [0, 0.05) is 6.54 Å². The fourth-order valence-corrected chi connectivity index (χ4v) is 3.36. The topological polar surface area (TPSA) is 66.4 Å². The van der Waals surface area contributed by atoms with Crippen molar-refractivity contribution in [3.05, 3.63) is 29.3 Å². The van der Waals surface area contributed by atoms with Crippen molar-refractivity contribution >= 4 is 21.6 Å². The van der Waals surface area contributed by atoms with Crippen LogP contribution in [0.15, 0.2) is 29.2 Å². The van der Waals surface area contributed by atoms with Gasteiger partial charge in [0.1, 0.15) is 4.90 Å². The monoisotopic (exact) mass is 289 g/mol. The van der Waals surface area contributed by atoms with E-state index in [-0.39, 0.29) is 16.5 Å². The molecule has 1 aliphatic rings. The first-order valence-electron chi connectivity index (χ1n) is 5.93. The summed E-state index contributed by atoms with van der Waals surface area (Å²) < 4.78 is 26.3. The number of aliphatic hydroxyl groups excluding tert-OH is 1. The summed E-state index contributed by atoms with van der Waals surface area (Å²) in [6.45, 7) is 0.227. The van der Waals surface area contributed by atoms with Gasteiger partial charge in [-0.1, -0.05) is 23.7 Å². The minimum absolute atomic E-state index is 0.0765. The highest BCUT2D eigenvalue weighted by atomic mass is 35.5. The molecule has 0 aromatic heterocycles. The summed E-state index contributed by atoms with van der Waals surface area (Å²) in [6, 6.07) is 6.30. The van der Waals surface area contributed by atoms with Crippen LogP contribution in [-0.4, -0.2) is 26.2 Å². The second kappa shape index (κ2) is 5.57. The molecule has 0 spiro atoms. The Balaban J connectivity index is 1.93. The fourth-order valence-electron chi connectivity index (χ4n) is 1.80. The lowest BCUT2D eigenvalue weighted by atomic mass is 10.2. The molecule has 0 amide bonds. The van der Waals surface area contributed by atoms with E-state index >= 15 is 0 Å². The molecule has 1 fully saturated rings. The number of hydrogen-bond donors (Lipinski definition) is 2. The Hall–Kier alpha value is -0.620. The van der Waals surface area contributed by atoms with E-state index in [4.69, 9.17) is 11.6 Å². The van der Waals surface area contributed by atoms with Crippen molar-refractivity contribution in [1.29, 1.82) is 0 Å². The molecule has 1 aliphatic carbocycles. The third-order valence-electron chi connectivity index (χ3n) is 3.02. The van der Waals surface area contributed by atoms with Crippen molar-refractivity contribution < 1.29 is 13.5 Å². The quantitative estimate of drug-likeness (QED) is 0.839. The maximum Gasteiger partial charge on any atom is 0.242 e. The van der Waals surface area contributed by atoms with E-state index in [1.807, 2.05) is 0 Å². The second-order valence-electron chi connectivity index (χ2n) is 4.52. The molecule has 0 aliphatic heterocycles. The van der Waals surface area contributed by atoms with E-state index in [1.165, 1.54) is 12.1 Å². The van der Waals surface area contributed by atoms with Crippen molar-refractivity contribution in [2.75, 3.05) is 6.54 Å². The Kier molecular flexibility index (Phi) is 4.27. The van der Waals surface area contributed by atoms with E-state index in [1.54, 1.807) is 12.1 Å². The minimum atomic E-state index is -3.58. The summed E-state index contributed by atoms with van der Waals surface area (Å²) in [6.07, 6.45) is 2.12. The van der Waals surface area contributed by atoms with Crippen LogP contribution in [0.25, 0.3) is 0 Å². The number of halogens is 1. The maximum absolute atomic E-state index is 11.9. The lowest BCUT2D eigenvalue weighted by Crippen LogP contribution is -2.28. The van der Waals surface area contributed by atoms with Gasteiger partial charge in [0.15, 0.2) is 0 Å². The Labute approximate surface area is 112 Å². The van der Waals surface area contributed by atoms with Crippen LogP contribution >= 0.6 is 11.6 Å². The zero-order chi connectivity index (χ0) is 13.2. The molecule has 1 atom stereocenters. The Morgan fingerprint density at radius 3 is 2.67 bits per heavy atom. The molecule has 4 nitrogen and oxygen atoms in total. The molecule has 0 bridgehead atoms. The van der Waals surface area contributed by atoms with Crippen LogP contribution in [0.4, 0.5) is 0 Å². The molecule has 0 unspecified atom stereocenters. The van der Waals surface area contributed by atoms with Gasteiger partial charge in [-0.25, -0.2) is 13.1 Å². The van der Waals surface area contributed by atoms with Gasteiger partial charge in [-0.15, -0.1) is 0 Å². The second-order valence-corrected chi connectivity index (χ2v) is 6.66. The molecule has 100 valence electrons. The van der Waals surface area contributed by atoms with Crippen LogP contribution in [-0.2, 0) is 10.0 Å². The molecule has 1 aromatic rings. The van der Waals surface area contributed by atoms with Crippen molar-refractivity contribution in [2.24, 2.45) is 5.92 Å². The highest BCUT2D eigenvalue weighted by molar-refractivity contribution is 7.89. The zero-order valence-corrected chi connectivity index (χ0v) is 11.4. The lowest BCUT2D eigenvalue weighted by Gasteiger charge is -2.11. The smallest absolute Gasteiger partial charge is 0.242 e. The standard InChI is InChI=1S/C12H16ClNO3S/c13-10-3-1-2-4-12(10)18(16,17)14-8-7-11(15)9-5-6-9/h1-4,9,11,14-15H,5-8H2/t11-/m0/s1. The summed E-state index contributed by atoms with van der Waals surface area (Å²) in [4.78, 5) is 0.0765. The first-order chi connectivity index (χ1) is 8.50. The molecular weight excluding hydrogens is 274 g/mol. The normalized spacial score (nSPS) is 17.7. The predicted molar refractivity (Wildman–Crippen MR) is 70.0 cm³/mol. The molecule has 0 saturated heterocycles. The Morgan fingerprint density at radius 2 is 2.06 bits per heavy atom. The molecule has 2 rings (SSSR count). The molecule has 0 heterocycles. The largest absolute Gasteiger partial charge is 0.393 e. The third kappa shape index (κ3) is 3.45. The number of nitrogens with one attached hydrogen (secondary N) is 1. The van der Waals surface area contributed by atoms with Gasteiger partial charge in [0.2, 0.25) is 10.0 Å². The zero-order valence-electron chi connectivity index (χ0n) is 9.84. The molecular formula is C12H16ClNO3S. The predicted octanol–water partition coefficient (Wildman–Crippen LogP) is 1.78. The molecule has 0 radical (unpaired) electrons. The summed E-state index contributed by atoms with van der Waals surface area (Å²) >= 11 is 5.84. The fraction of sp³-hybridized carbons (Fsp3) is 0.500. The van der Waals surface area contributed by atoms with Crippen molar-refractivity contribution in [1.82, 2.24) is 4.72 Å². The van der Waals surface area contributed by atoms with Crippen LogP contribution < -0.4 is 4.72 Å². The Morgan fingerprint density at radius 1 is 1.39 bits per heavy atom. The van der Waals surface area contributed by atoms with Gasteiger partial charge in [0.25, 0.3) is 0 Å². The summed E-state index contributed by atoms with van der Waals surface area (Å²) in [5, 5.41) is 9.85. The highest BCUT2D eigenvalue weighted by Crippen LogP contribution is 2.33. The van der Waals surface area contributed by atoms with E-state index in [9.17, 15) is 13.5 Å². The number of hydrogen-bond acceptors (Lipinski definition) is 3. The molecule has 1 aromatic carbocycles. The average molecular weight is 290 g/mol. The highest BCUT2D eigenvalue weighted by Gasteiger charge is 2.29. The number of sulfonamides is 1. The molecule has 2 N–H and O–H groups in total. The van der Waals surface area contributed by atoms with E-state index in [0.717, 1.165) is 12.8 Å². The van der Waals surface area contributed by atoms with Gasteiger partial charge < -0.3 is 5.11 Å². The number of benzene rings is 1. The van der Waals surface area contributed by atoms with Crippen molar-refractivity contribution in [3.8, 4) is 0 Å². The van der Waals surface area contributed by atoms with Gasteiger partial charge in [-0.3, -0.25) is 0 Å². The van der Waals surface area contributed by atoms with Crippen molar-refractivity contribution in [3.63, 3.8) is 0 Å². The molecule has 1 saturated carbocycles. The van der Waals surface area contributed by atoms with E-state index in [0.29, 0.717) is 12.3 Å². The van der Waals surface area contributed by atoms with Gasteiger partial charge in [-0.2, -0.15) is 0 Å². The lowest BCUT2D eigenvalue weighted by molar-refractivity contribution is 0.143. The van der Waals surface area contributed by atoms with E-state index in [2.05, 4.69) is 4.72 Å². The van der Waals surface area contributed by atoms with Gasteiger partial charge in [-0.05, 0) is 37.3 Å². The van der Waals surface area contributed by atoms with Crippen LogP contribution in [0.5, 0.6) is 0 Å². The SMILES string of the molecule is O=S(=O)(NCC[C@H](O)C1CC1)c1ccccc1Cl. The minimum Gasteiger partial charge on any atom is -0.393 e. The molecule has 6 heteroatoms. The number of rotatable bonds is 6. The summed E-state index contributed by atoms with van der Waals surface area (Å²) in [7, 11) is -3.58. The van der Waals surface area contributed by atoms with Crippen LogP contribution in [0.3, 0.4) is 0 Å². The van der Waals surface area contributed by atoms with Gasteiger partial charge >= 0.3 is 0 Å².